The number of carboxylic acids is 1. The monoisotopic (exact) mass is 193 g/mol. The highest BCUT2D eigenvalue weighted by Gasteiger charge is 2.24. The molecule has 0 aromatic heterocycles. The van der Waals surface area contributed by atoms with Crippen LogP contribution in [0.25, 0.3) is 0 Å². The Balaban J connectivity index is 0.00000121. The Labute approximate surface area is 78.7 Å². The van der Waals surface area contributed by atoms with Gasteiger partial charge in [-0.1, -0.05) is 0 Å². The molecule has 0 unspecified atom stereocenters. The largest absolute Gasteiger partial charge is 0.481 e. The molecule has 3 nitrogen and oxygen atoms in total. The first kappa shape index (κ1) is 11.7. The summed E-state index contributed by atoms with van der Waals surface area (Å²) in [5.41, 5.74) is 5.48. The van der Waals surface area contributed by atoms with Gasteiger partial charge in [0.1, 0.15) is 0 Å². The molecule has 0 aromatic carbocycles. The Morgan fingerprint density at radius 2 is 1.83 bits per heavy atom. The summed E-state index contributed by atoms with van der Waals surface area (Å²) in [5, 5.41) is 8.67. The van der Waals surface area contributed by atoms with Gasteiger partial charge in [-0.15, -0.1) is 12.4 Å². The van der Waals surface area contributed by atoms with E-state index >= 15 is 0 Å². The van der Waals surface area contributed by atoms with Crippen LogP contribution in [0.3, 0.4) is 0 Å². The predicted molar refractivity (Wildman–Crippen MR) is 49.4 cm³/mol. The molecule has 0 saturated heterocycles. The summed E-state index contributed by atoms with van der Waals surface area (Å²) < 4.78 is 0. The first-order chi connectivity index (χ1) is 5.24. The van der Waals surface area contributed by atoms with Gasteiger partial charge in [0.15, 0.2) is 0 Å². The summed E-state index contributed by atoms with van der Waals surface area (Å²) in [6, 6.07) is 0. The predicted octanol–water partition coefficient (Wildman–Crippen LogP) is 1.26. The second kappa shape index (κ2) is 5.38. The fraction of sp³-hybridized carbons (Fsp3) is 0.875. The maximum atomic E-state index is 10.5. The maximum Gasteiger partial charge on any atom is 0.306 e. The van der Waals surface area contributed by atoms with Gasteiger partial charge in [0.25, 0.3) is 0 Å². The molecular weight excluding hydrogens is 178 g/mol. The van der Waals surface area contributed by atoms with Crippen molar-refractivity contribution < 1.29 is 9.90 Å². The first-order valence-corrected chi connectivity index (χ1v) is 4.17. The zero-order valence-electron chi connectivity index (χ0n) is 7.03. The summed E-state index contributed by atoms with van der Waals surface area (Å²) in [4.78, 5) is 10.5. The molecule has 72 valence electrons. The van der Waals surface area contributed by atoms with Crippen LogP contribution in [-0.2, 0) is 4.79 Å². The highest BCUT2D eigenvalue weighted by atomic mass is 35.5. The van der Waals surface area contributed by atoms with Crippen molar-refractivity contribution in [2.45, 2.75) is 25.7 Å². The van der Waals surface area contributed by atoms with Gasteiger partial charge in [-0.05, 0) is 38.1 Å². The van der Waals surface area contributed by atoms with E-state index in [-0.39, 0.29) is 18.3 Å². The molecular formula is C8H16ClNO2. The summed E-state index contributed by atoms with van der Waals surface area (Å²) >= 11 is 0. The van der Waals surface area contributed by atoms with E-state index in [1.807, 2.05) is 0 Å². The van der Waals surface area contributed by atoms with Gasteiger partial charge in [0.2, 0.25) is 0 Å². The molecule has 4 heteroatoms. The van der Waals surface area contributed by atoms with Gasteiger partial charge in [0, 0.05) is 0 Å². The minimum Gasteiger partial charge on any atom is -0.481 e. The standard InChI is InChI=1S/C8H15NO2.ClH/c9-5-6-1-3-7(4-2-6)8(10)11;/h6-7H,1-5,9H2,(H,10,11);1H/t6-,7+;. The van der Waals surface area contributed by atoms with Crippen LogP contribution in [0.1, 0.15) is 25.7 Å². The van der Waals surface area contributed by atoms with E-state index in [0.717, 1.165) is 25.7 Å². The Hall–Kier alpha value is -0.280. The Kier molecular flexibility index (Phi) is 5.25. The zero-order valence-corrected chi connectivity index (χ0v) is 7.85. The van der Waals surface area contributed by atoms with Crippen molar-refractivity contribution in [2.75, 3.05) is 6.54 Å². The van der Waals surface area contributed by atoms with Gasteiger partial charge in [-0.2, -0.15) is 0 Å². The van der Waals surface area contributed by atoms with Gasteiger partial charge in [-0.3, -0.25) is 4.79 Å². The second-order valence-corrected chi connectivity index (χ2v) is 3.29. The van der Waals surface area contributed by atoms with Crippen LogP contribution in [-0.4, -0.2) is 17.6 Å². The quantitative estimate of drug-likeness (QED) is 0.694. The topological polar surface area (TPSA) is 63.3 Å². The molecule has 0 amide bonds. The Bertz CT molecular complexity index is 144. The van der Waals surface area contributed by atoms with Gasteiger partial charge in [-0.25, -0.2) is 0 Å². The number of aliphatic carboxylic acids is 1. The van der Waals surface area contributed by atoms with Gasteiger partial charge >= 0.3 is 5.97 Å². The van der Waals surface area contributed by atoms with Crippen molar-refractivity contribution >= 4 is 18.4 Å². The van der Waals surface area contributed by atoms with E-state index in [0.29, 0.717) is 12.5 Å². The van der Waals surface area contributed by atoms with E-state index in [4.69, 9.17) is 10.8 Å². The lowest BCUT2D eigenvalue weighted by atomic mass is 9.82. The molecule has 0 heterocycles. The minimum absolute atomic E-state index is 0. The lowest BCUT2D eigenvalue weighted by Crippen LogP contribution is -2.25. The van der Waals surface area contributed by atoms with E-state index in [9.17, 15) is 4.79 Å². The molecule has 1 aliphatic rings. The Morgan fingerprint density at radius 1 is 1.33 bits per heavy atom. The lowest BCUT2D eigenvalue weighted by Gasteiger charge is -2.24. The first-order valence-electron chi connectivity index (χ1n) is 4.17. The highest BCUT2D eigenvalue weighted by molar-refractivity contribution is 5.85. The smallest absolute Gasteiger partial charge is 0.306 e. The molecule has 1 aliphatic carbocycles. The fourth-order valence-electron chi connectivity index (χ4n) is 1.65. The van der Waals surface area contributed by atoms with Gasteiger partial charge < -0.3 is 10.8 Å². The number of hydrogen-bond donors (Lipinski definition) is 2. The molecule has 0 atom stereocenters. The summed E-state index contributed by atoms with van der Waals surface area (Å²) in [5.74, 6) is -0.163. The third-order valence-corrected chi connectivity index (χ3v) is 2.53. The molecule has 3 N–H and O–H groups in total. The maximum absolute atomic E-state index is 10.5. The van der Waals surface area contributed by atoms with Crippen molar-refractivity contribution in [1.82, 2.24) is 0 Å². The van der Waals surface area contributed by atoms with Crippen LogP contribution < -0.4 is 5.73 Å². The number of carboxylic acid groups (broad SMARTS) is 1. The van der Waals surface area contributed by atoms with Crippen LogP contribution in [0.4, 0.5) is 0 Å². The summed E-state index contributed by atoms with van der Waals surface area (Å²) in [6.45, 7) is 0.715. The fourth-order valence-corrected chi connectivity index (χ4v) is 1.65. The number of halogens is 1. The zero-order chi connectivity index (χ0) is 8.27. The van der Waals surface area contributed by atoms with Crippen molar-refractivity contribution in [3.63, 3.8) is 0 Å². The van der Waals surface area contributed by atoms with Gasteiger partial charge in [0.05, 0.1) is 5.92 Å². The number of nitrogens with two attached hydrogens (primary N) is 1. The molecule has 1 rings (SSSR count). The van der Waals surface area contributed by atoms with E-state index in [2.05, 4.69) is 0 Å². The van der Waals surface area contributed by atoms with Crippen LogP contribution in [0.2, 0.25) is 0 Å². The average molecular weight is 194 g/mol. The van der Waals surface area contributed by atoms with Crippen molar-refractivity contribution in [3.05, 3.63) is 0 Å². The normalized spacial score (nSPS) is 29.1. The third kappa shape index (κ3) is 2.99. The van der Waals surface area contributed by atoms with Crippen LogP contribution in [0, 0.1) is 11.8 Å². The minimum atomic E-state index is -0.638. The van der Waals surface area contributed by atoms with Crippen molar-refractivity contribution in [2.24, 2.45) is 17.6 Å². The molecule has 0 bridgehead atoms. The summed E-state index contributed by atoms with van der Waals surface area (Å²) in [6.07, 6.45) is 3.62. The molecule has 0 radical (unpaired) electrons. The number of carbonyl (C=O) groups is 1. The van der Waals surface area contributed by atoms with Crippen molar-refractivity contribution in [1.29, 1.82) is 0 Å². The molecule has 12 heavy (non-hydrogen) atoms. The molecule has 1 fully saturated rings. The SMILES string of the molecule is Cl.NC[C@H]1CC[C@@H](C(=O)O)CC1. The molecule has 1 saturated carbocycles. The molecule has 0 aromatic rings. The van der Waals surface area contributed by atoms with Crippen LogP contribution >= 0.6 is 12.4 Å². The Morgan fingerprint density at radius 3 is 2.17 bits per heavy atom. The van der Waals surface area contributed by atoms with E-state index < -0.39 is 5.97 Å². The van der Waals surface area contributed by atoms with E-state index in [1.165, 1.54) is 0 Å². The third-order valence-electron chi connectivity index (χ3n) is 2.53. The average Bonchev–Trinajstić information content (AvgIpc) is 2.05. The summed E-state index contributed by atoms with van der Waals surface area (Å²) in [7, 11) is 0. The number of rotatable bonds is 2. The van der Waals surface area contributed by atoms with Crippen LogP contribution in [0.15, 0.2) is 0 Å². The second-order valence-electron chi connectivity index (χ2n) is 3.29. The van der Waals surface area contributed by atoms with Crippen LogP contribution in [0.5, 0.6) is 0 Å². The lowest BCUT2D eigenvalue weighted by molar-refractivity contribution is -0.143. The molecule has 0 spiro atoms. The van der Waals surface area contributed by atoms with Crippen molar-refractivity contribution in [3.8, 4) is 0 Å². The number of hydrogen-bond acceptors (Lipinski definition) is 2. The highest BCUT2D eigenvalue weighted by Crippen LogP contribution is 2.27. The van der Waals surface area contributed by atoms with E-state index in [1.54, 1.807) is 0 Å². The molecule has 0 aliphatic heterocycles.